The van der Waals surface area contributed by atoms with Crippen molar-refractivity contribution in [2.24, 2.45) is 5.11 Å². The molecule has 0 bridgehead atoms. The van der Waals surface area contributed by atoms with Gasteiger partial charge in [-0.3, -0.25) is 0 Å². The summed E-state index contributed by atoms with van der Waals surface area (Å²) in [5.41, 5.74) is 9.63. The van der Waals surface area contributed by atoms with Gasteiger partial charge in [0.15, 0.2) is 0 Å². The van der Waals surface area contributed by atoms with Crippen molar-refractivity contribution in [3.8, 4) is 24.2 Å². The Morgan fingerprint density at radius 3 is 2.93 bits per heavy atom. The Kier molecular flexibility index (Phi) is 3.70. The molecule has 66 valence electrons. The van der Waals surface area contributed by atoms with E-state index >= 15 is 0 Å². The molecule has 1 rings (SSSR count). The van der Waals surface area contributed by atoms with E-state index in [1.165, 1.54) is 0 Å². The first-order valence-corrected chi connectivity index (χ1v) is 3.93. The zero-order chi connectivity index (χ0) is 10.2. The van der Waals surface area contributed by atoms with E-state index in [-0.39, 0.29) is 6.54 Å². The van der Waals surface area contributed by atoms with Crippen LogP contribution in [0.4, 0.5) is 0 Å². The molecular formula is C11H7N3. The van der Waals surface area contributed by atoms with Gasteiger partial charge in [-0.05, 0) is 23.7 Å². The minimum Gasteiger partial charge on any atom is -0.115 e. The van der Waals surface area contributed by atoms with Crippen molar-refractivity contribution in [2.45, 2.75) is 0 Å². The molecule has 0 fully saturated rings. The highest BCUT2D eigenvalue weighted by Gasteiger charge is 1.87. The topological polar surface area (TPSA) is 48.8 Å². The Labute approximate surface area is 82.4 Å². The molecule has 0 amide bonds. The van der Waals surface area contributed by atoms with Crippen LogP contribution in [0, 0.1) is 24.2 Å². The summed E-state index contributed by atoms with van der Waals surface area (Å²) >= 11 is 0. The third kappa shape index (κ3) is 2.95. The first-order valence-electron chi connectivity index (χ1n) is 3.93. The van der Waals surface area contributed by atoms with Crippen molar-refractivity contribution >= 4 is 0 Å². The van der Waals surface area contributed by atoms with Crippen molar-refractivity contribution in [2.75, 3.05) is 6.54 Å². The Balaban J connectivity index is 2.80. The van der Waals surface area contributed by atoms with E-state index in [9.17, 15) is 0 Å². The number of hydrogen-bond donors (Lipinski definition) is 0. The average molecular weight is 181 g/mol. The van der Waals surface area contributed by atoms with Crippen LogP contribution in [0.5, 0.6) is 0 Å². The highest BCUT2D eigenvalue weighted by atomic mass is 15.1. The van der Waals surface area contributed by atoms with E-state index in [4.69, 9.17) is 12.0 Å². The molecule has 3 nitrogen and oxygen atoms in total. The van der Waals surface area contributed by atoms with Crippen LogP contribution in [0.3, 0.4) is 0 Å². The van der Waals surface area contributed by atoms with E-state index in [0.29, 0.717) is 0 Å². The number of terminal acetylenes is 1. The predicted octanol–water partition coefficient (Wildman–Crippen LogP) is 2.33. The number of rotatable bonds is 1. The molecule has 0 aliphatic rings. The Morgan fingerprint density at radius 2 is 2.21 bits per heavy atom. The summed E-state index contributed by atoms with van der Waals surface area (Å²) in [7, 11) is 0. The minimum atomic E-state index is 0.177. The molecule has 1 aromatic rings. The summed E-state index contributed by atoms with van der Waals surface area (Å²) in [4.78, 5) is 2.59. The summed E-state index contributed by atoms with van der Waals surface area (Å²) in [6.07, 6.45) is 5.23. The normalized spacial score (nSPS) is 7.64. The van der Waals surface area contributed by atoms with Crippen LogP contribution in [0.15, 0.2) is 29.4 Å². The van der Waals surface area contributed by atoms with Crippen LogP contribution >= 0.6 is 0 Å². The summed E-state index contributed by atoms with van der Waals surface area (Å²) in [6.45, 7) is 0.177. The van der Waals surface area contributed by atoms with Gasteiger partial charge in [0.2, 0.25) is 0 Å². The van der Waals surface area contributed by atoms with Crippen LogP contribution in [-0.4, -0.2) is 6.54 Å². The molecule has 1 aromatic carbocycles. The molecule has 0 saturated carbocycles. The summed E-state index contributed by atoms with van der Waals surface area (Å²) in [6, 6.07) is 7.33. The quantitative estimate of drug-likeness (QED) is 0.276. The van der Waals surface area contributed by atoms with E-state index in [0.717, 1.165) is 11.1 Å². The third-order valence-corrected chi connectivity index (χ3v) is 1.47. The molecule has 0 aliphatic heterocycles. The molecule has 0 radical (unpaired) electrons. The number of nitrogens with zero attached hydrogens (tertiary/aromatic N) is 3. The molecule has 0 aliphatic carbocycles. The molecule has 0 heterocycles. The largest absolute Gasteiger partial charge is 0.115 e. The van der Waals surface area contributed by atoms with Gasteiger partial charge in [0, 0.05) is 16.0 Å². The zero-order valence-electron chi connectivity index (χ0n) is 7.44. The van der Waals surface area contributed by atoms with Crippen molar-refractivity contribution in [1.29, 1.82) is 0 Å². The maximum atomic E-state index is 8.01. The van der Waals surface area contributed by atoms with Crippen LogP contribution in [0.1, 0.15) is 11.1 Å². The van der Waals surface area contributed by atoms with Gasteiger partial charge in [0.1, 0.15) is 0 Å². The van der Waals surface area contributed by atoms with E-state index in [1.807, 2.05) is 24.3 Å². The van der Waals surface area contributed by atoms with Gasteiger partial charge in [0.05, 0.1) is 6.54 Å². The summed E-state index contributed by atoms with van der Waals surface area (Å²) < 4.78 is 0. The van der Waals surface area contributed by atoms with Gasteiger partial charge in [-0.1, -0.05) is 28.9 Å². The fraction of sp³-hybridized carbons (Fsp3) is 0.0909. The summed E-state index contributed by atoms with van der Waals surface area (Å²) in [5.74, 6) is 8.08. The lowest BCUT2D eigenvalue weighted by Gasteiger charge is -1.90. The molecule has 0 aromatic heterocycles. The Morgan fingerprint density at radius 1 is 1.43 bits per heavy atom. The second kappa shape index (κ2) is 5.32. The van der Waals surface area contributed by atoms with Gasteiger partial charge in [-0.15, -0.1) is 6.42 Å². The van der Waals surface area contributed by atoms with Gasteiger partial charge in [-0.25, -0.2) is 0 Å². The maximum Gasteiger partial charge on any atom is 0.0880 e. The fourth-order valence-corrected chi connectivity index (χ4v) is 0.895. The molecular weight excluding hydrogens is 174 g/mol. The van der Waals surface area contributed by atoms with Crippen LogP contribution in [-0.2, 0) is 0 Å². The Bertz CT molecular complexity index is 465. The molecule has 0 atom stereocenters. The second-order valence-electron chi connectivity index (χ2n) is 2.42. The number of azide groups is 1. The standard InChI is InChI=1S/C11H7N3/c1-2-10-5-3-6-11(9-10)7-4-8-13-14-12/h1,3,5-6,9H,8H2. The number of benzene rings is 1. The van der Waals surface area contributed by atoms with Crippen molar-refractivity contribution in [3.63, 3.8) is 0 Å². The lowest BCUT2D eigenvalue weighted by Crippen LogP contribution is -1.78. The van der Waals surface area contributed by atoms with Gasteiger partial charge in [-0.2, -0.15) is 0 Å². The molecule has 0 saturated heterocycles. The van der Waals surface area contributed by atoms with E-state index in [2.05, 4.69) is 27.8 Å². The van der Waals surface area contributed by atoms with Crippen molar-refractivity contribution < 1.29 is 0 Å². The highest BCUT2D eigenvalue weighted by Crippen LogP contribution is 2.01. The monoisotopic (exact) mass is 181 g/mol. The lowest BCUT2D eigenvalue weighted by atomic mass is 10.1. The summed E-state index contributed by atoms with van der Waals surface area (Å²) in [5, 5.41) is 3.30. The van der Waals surface area contributed by atoms with Crippen LogP contribution < -0.4 is 0 Å². The fourth-order valence-electron chi connectivity index (χ4n) is 0.895. The van der Waals surface area contributed by atoms with E-state index < -0.39 is 0 Å². The third-order valence-electron chi connectivity index (χ3n) is 1.47. The Hall–Kier alpha value is -2.35. The van der Waals surface area contributed by atoms with Gasteiger partial charge >= 0.3 is 0 Å². The maximum absolute atomic E-state index is 8.01. The minimum absolute atomic E-state index is 0.177. The zero-order valence-corrected chi connectivity index (χ0v) is 7.44. The van der Waals surface area contributed by atoms with Crippen LogP contribution in [0.2, 0.25) is 0 Å². The highest BCUT2D eigenvalue weighted by molar-refractivity contribution is 5.42. The second-order valence-corrected chi connectivity index (χ2v) is 2.42. The van der Waals surface area contributed by atoms with Crippen LogP contribution in [0.25, 0.3) is 10.4 Å². The average Bonchev–Trinajstić information content (AvgIpc) is 2.25. The first-order chi connectivity index (χ1) is 6.86. The predicted molar refractivity (Wildman–Crippen MR) is 55.3 cm³/mol. The van der Waals surface area contributed by atoms with E-state index in [1.54, 1.807) is 0 Å². The molecule has 0 unspecified atom stereocenters. The van der Waals surface area contributed by atoms with Crippen molar-refractivity contribution in [3.05, 3.63) is 45.8 Å². The van der Waals surface area contributed by atoms with Gasteiger partial charge < -0.3 is 0 Å². The first kappa shape index (κ1) is 9.74. The molecule has 0 N–H and O–H groups in total. The molecule has 3 heteroatoms. The van der Waals surface area contributed by atoms with Crippen molar-refractivity contribution in [1.82, 2.24) is 0 Å². The van der Waals surface area contributed by atoms with Gasteiger partial charge in [0.25, 0.3) is 0 Å². The smallest absolute Gasteiger partial charge is 0.0880 e. The SMILES string of the molecule is C#Cc1cccc(C#CCN=[N+]=[N-])c1. The lowest BCUT2D eigenvalue weighted by molar-refractivity contribution is 1.25. The number of hydrogen-bond acceptors (Lipinski definition) is 1. The molecule has 14 heavy (non-hydrogen) atoms. The molecule has 0 spiro atoms.